The number of aliphatic hydroxyl groups is 2. The third-order valence-electron chi connectivity index (χ3n) is 19.2. The number of phenols is 1. The molecule has 2 aromatic carbocycles. The number of aliphatic hydroxyl groups excluding tert-OH is 2. The van der Waals surface area contributed by atoms with Crippen LogP contribution in [0.25, 0.3) is 0 Å². The van der Waals surface area contributed by atoms with Crippen molar-refractivity contribution in [1.29, 1.82) is 0 Å². The van der Waals surface area contributed by atoms with Crippen LogP contribution in [0.2, 0.25) is 0 Å². The molecule has 47 heteroatoms. The molecule has 0 unspecified atom stereocenters. The minimum atomic E-state index is -2.02. The average Bonchev–Trinajstić information content (AvgIpc) is 1.62. The first kappa shape index (κ1) is 103. The number of nitrogens with zero attached hydrogens (tertiary/aromatic N) is 3. The summed E-state index contributed by atoms with van der Waals surface area (Å²) in [5, 5.41) is 108. The lowest BCUT2D eigenvalue weighted by atomic mass is 9.96. The number of aliphatic carboxylic acids is 5. The quantitative estimate of drug-likeness (QED) is 0.0166. The van der Waals surface area contributed by atoms with Gasteiger partial charge in [-0.05, 0) is 120 Å². The number of amides is 13. The molecule has 2 aromatic rings. The highest BCUT2D eigenvalue weighted by Gasteiger charge is 2.41. The number of carbonyl (C=O) groups excluding carboxylic acids is 13. The van der Waals surface area contributed by atoms with Crippen molar-refractivity contribution < 1.29 is 127 Å². The molecule has 0 saturated carbocycles. The molecule has 0 radical (unpaired) electrons. The van der Waals surface area contributed by atoms with Crippen LogP contribution in [0.4, 0.5) is 0 Å². The number of phenolic OH excluding ortho intramolecular Hbond substituents is 1. The number of nitrogens with two attached hydrogens (primary N) is 6. The molecule has 122 heavy (non-hydrogen) atoms. The fourth-order valence-electron chi connectivity index (χ4n) is 12.3. The summed E-state index contributed by atoms with van der Waals surface area (Å²) in [5.41, 5.74) is 34.1. The Balaban J connectivity index is 2.01. The number of carboxylic acids is 5. The van der Waals surface area contributed by atoms with Crippen molar-refractivity contribution in [2.75, 3.05) is 39.3 Å². The molecule has 15 atom stereocenters. The van der Waals surface area contributed by atoms with Gasteiger partial charge in [0.25, 0.3) is 0 Å². The van der Waals surface area contributed by atoms with E-state index >= 15 is 0 Å². The lowest BCUT2D eigenvalue weighted by Gasteiger charge is -2.30. The van der Waals surface area contributed by atoms with E-state index in [1.54, 1.807) is 25.1 Å². The van der Waals surface area contributed by atoms with Gasteiger partial charge in [0.05, 0.1) is 31.7 Å². The maximum atomic E-state index is 14.8. The lowest BCUT2D eigenvalue weighted by Crippen LogP contribution is -2.62. The second kappa shape index (κ2) is 53.6. The number of hydrogen-bond donors (Lipinski definition) is 26. The Hall–Kier alpha value is -12.9. The van der Waals surface area contributed by atoms with Gasteiger partial charge in [-0.3, -0.25) is 91.5 Å². The van der Waals surface area contributed by atoms with Crippen LogP contribution < -0.4 is 98.2 Å². The molecular weight excluding hydrogens is 1610 g/mol. The summed E-state index contributed by atoms with van der Waals surface area (Å²) >= 11 is 0. The van der Waals surface area contributed by atoms with Crippen molar-refractivity contribution >= 4 is 119 Å². The minimum Gasteiger partial charge on any atom is -0.508 e. The number of likely N-dealkylation sites (tertiary alicyclic amines) is 1. The number of guanidine groups is 2. The number of aliphatic imine (C=N–C) groups is 2. The molecule has 1 fully saturated rings. The van der Waals surface area contributed by atoms with Crippen LogP contribution in [-0.2, 0) is 99.1 Å². The largest absolute Gasteiger partial charge is 0.508 e. The van der Waals surface area contributed by atoms with Gasteiger partial charge in [-0.25, -0.2) is 4.79 Å². The normalized spacial score (nSPS) is 15.7. The molecule has 47 nitrogen and oxygen atoms in total. The van der Waals surface area contributed by atoms with E-state index in [1.165, 1.54) is 43.3 Å². The number of hydrogen-bond acceptors (Lipinski definition) is 25. The number of carboxylic acid groups (broad SMARTS) is 5. The smallest absolute Gasteiger partial charge is 0.326 e. The second-order valence-electron chi connectivity index (χ2n) is 28.9. The summed E-state index contributed by atoms with van der Waals surface area (Å²) in [6.45, 7) is 1.84. The third kappa shape index (κ3) is 38.0. The fourth-order valence-corrected chi connectivity index (χ4v) is 12.3. The van der Waals surface area contributed by atoms with Crippen molar-refractivity contribution in [2.24, 2.45) is 50.3 Å². The summed E-state index contributed by atoms with van der Waals surface area (Å²) in [5.74, 6) is -23.8. The average molecular weight is 1730 g/mol. The van der Waals surface area contributed by atoms with Crippen LogP contribution >= 0.6 is 0 Å². The molecule has 3 rings (SSSR count). The molecule has 13 amide bonds. The van der Waals surface area contributed by atoms with Gasteiger partial charge in [-0.2, -0.15) is 0 Å². The molecule has 32 N–H and O–H groups in total. The van der Waals surface area contributed by atoms with E-state index in [4.69, 9.17) is 39.5 Å². The minimum absolute atomic E-state index is 0.000559. The maximum Gasteiger partial charge on any atom is 0.326 e. The molecule has 0 bridgehead atoms. The van der Waals surface area contributed by atoms with Crippen LogP contribution in [0.1, 0.15) is 141 Å². The summed E-state index contributed by atoms with van der Waals surface area (Å²) in [6.07, 6.45) is -7.32. The highest BCUT2D eigenvalue weighted by Crippen LogP contribution is 2.21. The van der Waals surface area contributed by atoms with Gasteiger partial charge in [0.1, 0.15) is 78.3 Å². The predicted molar refractivity (Wildman–Crippen MR) is 430 cm³/mol. The first-order valence-electron chi connectivity index (χ1n) is 39.3. The summed E-state index contributed by atoms with van der Waals surface area (Å²) < 4.78 is 0. The molecular formula is C75H115N21O26. The van der Waals surface area contributed by atoms with Gasteiger partial charge in [0, 0.05) is 51.7 Å². The molecule has 0 aromatic heterocycles. The topological polar surface area (TPSA) is 798 Å². The van der Waals surface area contributed by atoms with Crippen LogP contribution in [0.5, 0.6) is 5.75 Å². The predicted octanol–water partition coefficient (Wildman–Crippen LogP) is -8.25. The van der Waals surface area contributed by atoms with Gasteiger partial charge in [-0.15, -0.1) is 0 Å². The molecule has 1 saturated heterocycles. The van der Waals surface area contributed by atoms with Crippen molar-refractivity contribution in [3.05, 3.63) is 65.7 Å². The highest BCUT2D eigenvalue weighted by molar-refractivity contribution is 6.01. The van der Waals surface area contributed by atoms with Crippen LogP contribution in [-0.4, -0.2) is 288 Å². The number of carbonyl (C=O) groups is 18. The van der Waals surface area contributed by atoms with Crippen molar-refractivity contribution in [3.63, 3.8) is 0 Å². The van der Waals surface area contributed by atoms with E-state index in [9.17, 15) is 122 Å². The highest BCUT2D eigenvalue weighted by atomic mass is 16.4. The van der Waals surface area contributed by atoms with Crippen molar-refractivity contribution in [2.45, 2.75) is 227 Å². The number of unbranched alkanes of at least 4 members (excludes halogenated alkanes) is 1. The number of nitrogens with one attached hydrogen (secondary N) is 12. The van der Waals surface area contributed by atoms with Crippen LogP contribution in [0.3, 0.4) is 0 Å². The Morgan fingerprint density at radius 3 is 1.35 bits per heavy atom. The monoisotopic (exact) mass is 1730 g/mol. The standard InChI is InChI=1S/C75H115N21O26/c1-4-38(2)59(94-65(113)45(16-10-30-82-74(78)79)86-62(110)44(15-8-9-29-76)87-68(116)51(35-58(107)108)85-54(100)36-84-70(118)60(39(3)98)95-61(109)43(77)23-26-55(101)102)71(119)89-47(25-28-57(105)106)64(112)91-49(33-40-13-6-5-7-14-40)67(115)93-52(37-97)69(117)92-50(34-41-19-21-42(99)22-20-41)66(114)88-46(24-27-56(103)104)63(111)90-48(17-11-31-83-75(80)81)72(120)96-32-12-18-53(96)73(121)122/h5-7,13-14,19-22,38-39,43-53,59-60,97-99H,4,8-12,15-18,23-37,76-77H2,1-3H3,(H,84,118)(H,85,100)(H,86,110)(H,87,116)(H,88,114)(H,89,119)(H,90,111)(H,91,112)(H,92,117)(H,93,115)(H,94,113)(H,95,109)(H,101,102)(H,103,104)(H,105,106)(H,107,108)(H,121,122)(H4,78,79,82)(H4,80,81,83)/t38-,39+,43-,44-,45-,46-,47-,48-,49-,50-,51-,52-,53-,59-,60-/m0/s1. The number of rotatable bonds is 57. The Bertz CT molecular complexity index is 3980. The molecule has 1 heterocycles. The van der Waals surface area contributed by atoms with E-state index in [2.05, 4.69) is 73.8 Å². The molecule has 676 valence electrons. The van der Waals surface area contributed by atoms with Crippen molar-refractivity contribution in [1.82, 2.24) is 68.7 Å². The van der Waals surface area contributed by atoms with Gasteiger partial charge in [0.15, 0.2) is 11.9 Å². The Kier molecular flexibility index (Phi) is 45.4. The Morgan fingerprint density at radius 1 is 0.467 bits per heavy atom. The van der Waals surface area contributed by atoms with E-state index < -0.39 is 262 Å². The summed E-state index contributed by atoms with van der Waals surface area (Å²) in [4.78, 5) is 252. The SMILES string of the molecule is CC[C@H](C)[C@H](NC(=O)[C@H](CCCN=C(N)N)NC(=O)[C@H](CCCCN)NC(=O)[C@H](CC(=O)O)NC(=O)CNC(=O)[C@@H](NC(=O)[C@@H](N)CCC(=O)O)[C@@H](C)O)C(=O)N[C@@H](CCC(=O)O)C(=O)N[C@@H](Cc1ccccc1)C(=O)N[C@@H](CO)C(=O)N[C@@H](Cc1ccc(O)cc1)C(=O)N[C@@H](CCC(=O)O)C(=O)N[C@@H](CCCN=C(N)N)C(=O)N1CCC[C@H]1C(=O)O. The zero-order valence-corrected chi connectivity index (χ0v) is 67.8. The molecule has 1 aliphatic rings. The molecule has 1 aliphatic heterocycles. The molecule has 0 spiro atoms. The summed E-state index contributed by atoms with van der Waals surface area (Å²) in [7, 11) is 0. The zero-order valence-electron chi connectivity index (χ0n) is 67.8. The van der Waals surface area contributed by atoms with E-state index in [-0.39, 0.29) is 114 Å². The maximum absolute atomic E-state index is 14.8. The van der Waals surface area contributed by atoms with Crippen LogP contribution in [0.15, 0.2) is 64.6 Å². The van der Waals surface area contributed by atoms with Gasteiger partial charge < -0.3 is 144 Å². The Labute approximate surface area is 700 Å². The van der Waals surface area contributed by atoms with Crippen LogP contribution in [0, 0.1) is 5.92 Å². The van der Waals surface area contributed by atoms with Crippen molar-refractivity contribution in [3.8, 4) is 5.75 Å². The first-order valence-corrected chi connectivity index (χ1v) is 39.3. The lowest BCUT2D eigenvalue weighted by molar-refractivity contribution is -0.149. The zero-order chi connectivity index (χ0) is 91.5. The number of aromatic hydroxyl groups is 1. The van der Waals surface area contributed by atoms with E-state index in [0.29, 0.717) is 12.0 Å². The van der Waals surface area contributed by atoms with E-state index in [0.717, 1.165) is 11.8 Å². The second-order valence-corrected chi connectivity index (χ2v) is 28.9. The van der Waals surface area contributed by atoms with Gasteiger partial charge in [-0.1, -0.05) is 62.7 Å². The third-order valence-corrected chi connectivity index (χ3v) is 19.2. The Morgan fingerprint density at radius 2 is 0.885 bits per heavy atom. The fraction of sp³-hybridized carbons (Fsp3) is 0.573. The first-order chi connectivity index (χ1) is 57.6. The summed E-state index contributed by atoms with van der Waals surface area (Å²) in [6, 6.07) is -9.22. The van der Waals surface area contributed by atoms with Gasteiger partial charge >= 0.3 is 29.8 Å². The van der Waals surface area contributed by atoms with E-state index in [1.807, 2.05) is 0 Å². The number of benzene rings is 2. The van der Waals surface area contributed by atoms with Gasteiger partial charge in [0.2, 0.25) is 76.8 Å². The molecule has 0 aliphatic carbocycles.